The van der Waals surface area contributed by atoms with Gasteiger partial charge in [-0.1, -0.05) is 59.2 Å². The van der Waals surface area contributed by atoms with Gasteiger partial charge in [-0.05, 0) is 18.6 Å². The molecule has 0 aliphatic rings. The van der Waals surface area contributed by atoms with Crippen molar-refractivity contribution in [2.45, 2.75) is 45.4 Å². The Hall–Kier alpha value is -1.60. The summed E-state index contributed by atoms with van der Waals surface area (Å²) >= 11 is 4.73. The molecule has 0 fully saturated rings. The van der Waals surface area contributed by atoms with Crippen LogP contribution in [0.25, 0.3) is 0 Å². The molecule has 2 aromatic rings. The molecule has 0 spiro atoms. The van der Waals surface area contributed by atoms with Crippen molar-refractivity contribution in [3.05, 3.63) is 39.3 Å². The first kappa shape index (κ1) is 18.7. The third-order valence-electron chi connectivity index (χ3n) is 3.45. The van der Waals surface area contributed by atoms with E-state index in [1.165, 1.54) is 17.8 Å². The number of anilines is 1. The van der Waals surface area contributed by atoms with E-state index in [4.69, 9.17) is 0 Å². The summed E-state index contributed by atoms with van der Waals surface area (Å²) in [5.74, 6) is -0.258. The molecule has 24 heavy (non-hydrogen) atoms. The number of nitrogens with one attached hydrogen (secondary N) is 1. The molecule has 1 heterocycles. The number of aromatic nitrogens is 2. The van der Waals surface area contributed by atoms with Crippen molar-refractivity contribution in [2.24, 2.45) is 0 Å². The van der Waals surface area contributed by atoms with Gasteiger partial charge in [-0.3, -0.25) is 9.59 Å². The van der Waals surface area contributed by atoms with Crippen LogP contribution in [-0.4, -0.2) is 21.9 Å². The number of ketones is 1. The van der Waals surface area contributed by atoms with Crippen LogP contribution in [0.5, 0.6) is 0 Å². The fourth-order valence-electron chi connectivity index (χ4n) is 2.12. The van der Waals surface area contributed by atoms with Gasteiger partial charge < -0.3 is 5.32 Å². The van der Waals surface area contributed by atoms with Crippen LogP contribution >= 0.6 is 27.3 Å². The summed E-state index contributed by atoms with van der Waals surface area (Å²) in [6.45, 7) is 2.15. The summed E-state index contributed by atoms with van der Waals surface area (Å²) < 4.78 is 0.919. The molecule has 0 radical (unpaired) electrons. The van der Waals surface area contributed by atoms with Crippen molar-refractivity contribution in [1.82, 2.24) is 10.2 Å². The van der Waals surface area contributed by atoms with Gasteiger partial charge >= 0.3 is 0 Å². The van der Waals surface area contributed by atoms with E-state index in [9.17, 15) is 9.59 Å². The zero-order valence-corrected chi connectivity index (χ0v) is 16.0. The van der Waals surface area contributed by atoms with Gasteiger partial charge in [0.1, 0.15) is 5.01 Å². The molecule has 0 aliphatic carbocycles. The van der Waals surface area contributed by atoms with E-state index in [0.717, 1.165) is 28.7 Å². The number of hydrogen-bond donors (Lipinski definition) is 1. The highest BCUT2D eigenvalue weighted by molar-refractivity contribution is 9.10. The minimum atomic E-state index is -0.211. The Morgan fingerprint density at radius 1 is 1.12 bits per heavy atom. The highest BCUT2D eigenvalue weighted by atomic mass is 79.9. The maximum atomic E-state index is 12.0. The molecule has 0 unspecified atom stereocenters. The van der Waals surface area contributed by atoms with Crippen LogP contribution in [0.15, 0.2) is 28.7 Å². The van der Waals surface area contributed by atoms with Crippen LogP contribution in [0.1, 0.15) is 54.4 Å². The van der Waals surface area contributed by atoms with Crippen molar-refractivity contribution >= 4 is 44.1 Å². The average molecular weight is 410 g/mol. The second-order valence-electron chi connectivity index (χ2n) is 5.44. The lowest BCUT2D eigenvalue weighted by molar-refractivity contribution is -0.116. The average Bonchev–Trinajstić information content (AvgIpc) is 3.01. The minimum Gasteiger partial charge on any atom is -0.301 e. The van der Waals surface area contributed by atoms with Gasteiger partial charge in [-0.15, -0.1) is 10.2 Å². The standard InChI is InChI=1S/C17H20BrN3O2S/c1-2-3-4-5-16-20-21-17(24-16)19-15(23)11-10-14(22)12-6-8-13(18)9-7-12/h6-9H,2-5,10-11H2,1H3,(H,19,21,23). The summed E-state index contributed by atoms with van der Waals surface area (Å²) in [5, 5.41) is 12.2. The Bertz CT molecular complexity index is 685. The van der Waals surface area contributed by atoms with Crippen LogP contribution < -0.4 is 5.32 Å². The first-order valence-electron chi connectivity index (χ1n) is 7.99. The van der Waals surface area contributed by atoms with E-state index in [-0.39, 0.29) is 24.5 Å². The number of halogens is 1. The van der Waals surface area contributed by atoms with Crippen LogP contribution in [0.2, 0.25) is 0 Å². The van der Waals surface area contributed by atoms with E-state index in [2.05, 4.69) is 38.4 Å². The van der Waals surface area contributed by atoms with Crippen molar-refractivity contribution in [3.63, 3.8) is 0 Å². The first-order valence-corrected chi connectivity index (χ1v) is 9.60. The van der Waals surface area contributed by atoms with Crippen molar-refractivity contribution in [2.75, 3.05) is 5.32 Å². The van der Waals surface area contributed by atoms with Gasteiger partial charge in [-0.2, -0.15) is 0 Å². The third-order valence-corrected chi connectivity index (χ3v) is 4.88. The van der Waals surface area contributed by atoms with Gasteiger partial charge in [0.15, 0.2) is 5.78 Å². The Balaban J connectivity index is 1.76. The molecule has 5 nitrogen and oxygen atoms in total. The number of carbonyl (C=O) groups excluding carboxylic acids is 2. The van der Waals surface area contributed by atoms with Gasteiger partial charge in [-0.25, -0.2) is 0 Å². The summed E-state index contributed by atoms with van der Waals surface area (Å²) in [6, 6.07) is 7.12. The maximum Gasteiger partial charge on any atom is 0.226 e. The van der Waals surface area contributed by atoms with Crippen molar-refractivity contribution in [1.29, 1.82) is 0 Å². The molecule has 128 valence electrons. The van der Waals surface area contributed by atoms with Crippen molar-refractivity contribution in [3.8, 4) is 0 Å². The summed E-state index contributed by atoms with van der Waals surface area (Å²) in [4.78, 5) is 24.0. The second-order valence-corrected chi connectivity index (χ2v) is 7.41. The monoisotopic (exact) mass is 409 g/mol. The lowest BCUT2D eigenvalue weighted by Gasteiger charge is -2.02. The molecular formula is C17H20BrN3O2S. The van der Waals surface area contributed by atoms with Crippen LogP contribution in [0.4, 0.5) is 5.13 Å². The first-order chi connectivity index (χ1) is 11.6. The van der Waals surface area contributed by atoms with Crippen LogP contribution in [0, 0.1) is 0 Å². The molecule has 0 saturated heterocycles. The largest absolute Gasteiger partial charge is 0.301 e. The zero-order chi connectivity index (χ0) is 17.4. The summed E-state index contributed by atoms with van der Waals surface area (Å²) in [5.41, 5.74) is 0.611. The summed E-state index contributed by atoms with van der Waals surface area (Å²) in [6.07, 6.45) is 4.62. The SMILES string of the molecule is CCCCCc1nnc(NC(=O)CCC(=O)c2ccc(Br)cc2)s1. The number of unbranched alkanes of at least 4 members (excludes halogenated alkanes) is 2. The molecule has 1 aromatic carbocycles. The lowest BCUT2D eigenvalue weighted by atomic mass is 10.1. The van der Waals surface area contributed by atoms with E-state index >= 15 is 0 Å². The zero-order valence-electron chi connectivity index (χ0n) is 13.5. The van der Waals surface area contributed by atoms with Gasteiger partial charge in [0.2, 0.25) is 11.0 Å². The number of amides is 1. The second kappa shape index (κ2) is 9.64. The minimum absolute atomic E-state index is 0.0461. The van der Waals surface area contributed by atoms with E-state index < -0.39 is 0 Å². The molecule has 0 saturated carbocycles. The van der Waals surface area contributed by atoms with Gasteiger partial charge in [0, 0.05) is 29.3 Å². The molecular weight excluding hydrogens is 390 g/mol. The fourth-order valence-corrected chi connectivity index (χ4v) is 3.18. The highest BCUT2D eigenvalue weighted by Gasteiger charge is 2.11. The van der Waals surface area contributed by atoms with Gasteiger partial charge in [0.25, 0.3) is 0 Å². The normalized spacial score (nSPS) is 10.6. The number of nitrogens with zero attached hydrogens (tertiary/aromatic N) is 2. The quantitative estimate of drug-likeness (QED) is 0.483. The predicted octanol–water partition coefficient (Wildman–Crippen LogP) is 4.63. The Morgan fingerprint density at radius 2 is 1.88 bits per heavy atom. The Kier molecular flexibility index (Phi) is 7.52. The Labute approximate surface area is 154 Å². The number of Topliss-reactive ketones (excluding diaryl/α,β-unsaturated/α-hetero) is 1. The lowest BCUT2D eigenvalue weighted by Crippen LogP contribution is -2.13. The van der Waals surface area contributed by atoms with E-state index in [0.29, 0.717) is 10.7 Å². The number of hydrogen-bond acceptors (Lipinski definition) is 5. The number of benzene rings is 1. The highest BCUT2D eigenvalue weighted by Crippen LogP contribution is 2.18. The topological polar surface area (TPSA) is 72.0 Å². The fraction of sp³-hybridized carbons (Fsp3) is 0.412. The van der Waals surface area contributed by atoms with Gasteiger partial charge in [0.05, 0.1) is 0 Å². The van der Waals surface area contributed by atoms with Crippen molar-refractivity contribution < 1.29 is 9.59 Å². The maximum absolute atomic E-state index is 12.0. The molecule has 0 aliphatic heterocycles. The van der Waals surface area contributed by atoms with E-state index in [1.54, 1.807) is 12.1 Å². The molecule has 1 aromatic heterocycles. The summed E-state index contributed by atoms with van der Waals surface area (Å²) in [7, 11) is 0. The molecule has 2 rings (SSSR count). The predicted molar refractivity (Wildman–Crippen MR) is 99.5 cm³/mol. The smallest absolute Gasteiger partial charge is 0.226 e. The van der Waals surface area contributed by atoms with E-state index in [1.807, 2.05) is 12.1 Å². The number of aryl methyl sites for hydroxylation is 1. The third kappa shape index (κ3) is 6.13. The molecule has 1 amide bonds. The van der Waals surface area contributed by atoms with Crippen LogP contribution in [-0.2, 0) is 11.2 Å². The molecule has 1 N–H and O–H groups in total. The molecule has 7 heteroatoms. The Morgan fingerprint density at radius 3 is 2.58 bits per heavy atom. The number of rotatable bonds is 9. The molecule has 0 atom stereocenters. The number of carbonyl (C=O) groups is 2. The van der Waals surface area contributed by atoms with Crippen LogP contribution in [0.3, 0.4) is 0 Å². The molecule has 0 bridgehead atoms.